The van der Waals surface area contributed by atoms with E-state index < -0.39 is 11.8 Å². The summed E-state index contributed by atoms with van der Waals surface area (Å²) in [5.74, 6) is -1.73. The SMILES string of the molecule is O=C(OCCCN1CCCCC1)C1C(c2ccccc2)C(C(=O)OCCCN2CCCCC2)C1c1ccccc1. The summed E-state index contributed by atoms with van der Waals surface area (Å²) in [6.45, 7) is 7.34. The summed E-state index contributed by atoms with van der Waals surface area (Å²) in [5, 5.41) is 0. The van der Waals surface area contributed by atoms with Gasteiger partial charge in [-0.2, -0.15) is 0 Å². The van der Waals surface area contributed by atoms with Crippen molar-refractivity contribution in [1.82, 2.24) is 9.80 Å². The Kier molecular flexibility index (Phi) is 10.7. The molecule has 40 heavy (non-hydrogen) atoms. The van der Waals surface area contributed by atoms with E-state index in [1.54, 1.807) is 0 Å². The molecule has 6 heteroatoms. The zero-order valence-electron chi connectivity index (χ0n) is 23.9. The lowest BCUT2D eigenvalue weighted by atomic mass is 9.52. The minimum atomic E-state index is -0.411. The Balaban J connectivity index is 1.26. The second-order valence-electron chi connectivity index (χ2n) is 11.8. The number of carbonyl (C=O) groups excluding carboxylic acids is 2. The number of carbonyl (C=O) groups is 2. The van der Waals surface area contributed by atoms with Crippen LogP contribution < -0.4 is 0 Å². The largest absolute Gasteiger partial charge is 0.465 e. The van der Waals surface area contributed by atoms with Crippen LogP contribution in [0, 0.1) is 11.8 Å². The molecule has 0 radical (unpaired) electrons. The third kappa shape index (κ3) is 7.32. The van der Waals surface area contributed by atoms with Gasteiger partial charge in [-0.25, -0.2) is 0 Å². The Labute approximate surface area is 240 Å². The predicted octanol–water partition coefficient (Wildman–Crippen LogP) is 5.64. The molecule has 1 saturated carbocycles. The maximum Gasteiger partial charge on any atom is 0.310 e. The number of esters is 2. The van der Waals surface area contributed by atoms with Gasteiger partial charge in [-0.1, -0.05) is 73.5 Å². The summed E-state index contributed by atoms with van der Waals surface area (Å²) in [7, 11) is 0. The van der Waals surface area contributed by atoms with Crippen LogP contribution in [0.15, 0.2) is 60.7 Å². The minimum Gasteiger partial charge on any atom is -0.465 e. The standard InChI is InChI=1S/C34H46N2O4/c37-33(39-25-13-23-35-19-9-3-10-20-35)31-29(27-15-5-1-6-16-27)32(30(31)28-17-7-2-8-18-28)34(38)40-26-14-24-36-21-11-4-12-22-36/h1-2,5-8,15-18,29-32H,3-4,9-14,19-26H2. The van der Waals surface area contributed by atoms with Crippen LogP contribution in [0.2, 0.25) is 0 Å². The van der Waals surface area contributed by atoms with Gasteiger partial charge in [-0.3, -0.25) is 9.59 Å². The van der Waals surface area contributed by atoms with Gasteiger partial charge < -0.3 is 19.3 Å². The van der Waals surface area contributed by atoms with Gasteiger partial charge in [-0.15, -0.1) is 0 Å². The first kappa shape index (κ1) is 28.8. The van der Waals surface area contributed by atoms with Gasteiger partial charge in [0.15, 0.2) is 0 Å². The molecule has 0 spiro atoms. The van der Waals surface area contributed by atoms with E-state index in [9.17, 15) is 9.59 Å². The number of nitrogens with zero attached hydrogens (tertiary/aromatic N) is 2. The van der Waals surface area contributed by atoms with Crippen molar-refractivity contribution < 1.29 is 19.1 Å². The number of rotatable bonds is 12. The smallest absolute Gasteiger partial charge is 0.310 e. The van der Waals surface area contributed by atoms with Crippen LogP contribution in [0.1, 0.15) is 74.3 Å². The van der Waals surface area contributed by atoms with E-state index >= 15 is 0 Å². The third-order valence-corrected chi connectivity index (χ3v) is 9.08. The monoisotopic (exact) mass is 546 g/mol. The van der Waals surface area contributed by atoms with Gasteiger partial charge in [0.05, 0.1) is 25.0 Å². The molecular formula is C34H46N2O4. The quantitative estimate of drug-likeness (QED) is 0.254. The summed E-state index contributed by atoms with van der Waals surface area (Å²) in [5.41, 5.74) is 2.00. The molecule has 5 rings (SSSR count). The average Bonchev–Trinajstić information content (AvgIpc) is 2.99. The molecule has 0 amide bonds. The number of ether oxygens (including phenoxy) is 2. The first-order chi connectivity index (χ1) is 19.7. The lowest BCUT2D eigenvalue weighted by Gasteiger charge is -2.49. The first-order valence-electron chi connectivity index (χ1n) is 15.6. The molecular weight excluding hydrogens is 500 g/mol. The molecule has 2 heterocycles. The van der Waals surface area contributed by atoms with Crippen LogP contribution in [0.4, 0.5) is 0 Å². The fourth-order valence-corrected chi connectivity index (χ4v) is 6.99. The molecule has 6 nitrogen and oxygen atoms in total. The highest BCUT2D eigenvalue weighted by Crippen LogP contribution is 2.58. The van der Waals surface area contributed by atoms with Crippen LogP contribution in [-0.2, 0) is 19.1 Å². The Morgan fingerprint density at radius 2 is 0.950 bits per heavy atom. The fraction of sp³-hybridized carbons (Fsp3) is 0.588. The van der Waals surface area contributed by atoms with Crippen LogP contribution in [0.3, 0.4) is 0 Å². The molecule has 2 aromatic rings. The van der Waals surface area contributed by atoms with Crippen LogP contribution >= 0.6 is 0 Å². The van der Waals surface area contributed by atoms with Crippen molar-refractivity contribution in [2.75, 3.05) is 52.5 Å². The molecule has 0 unspecified atom stereocenters. The number of likely N-dealkylation sites (tertiary alicyclic amines) is 2. The lowest BCUT2D eigenvalue weighted by molar-refractivity contribution is -0.167. The molecule has 0 aromatic heterocycles. The maximum atomic E-state index is 13.7. The first-order valence-corrected chi connectivity index (χ1v) is 15.6. The van der Waals surface area contributed by atoms with Gasteiger partial charge in [0.25, 0.3) is 0 Å². The molecule has 0 atom stereocenters. The summed E-state index contributed by atoms with van der Waals surface area (Å²) >= 11 is 0. The summed E-state index contributed by atoms with van der Waals surface area (Å²) in [6.07, 6.45) is 9.35. The molecule has 0 N–H and O–H groups in total. The van der Waals surface area contributed by atoms with E-state index in [1.165, 1.54) is 38.5 Å². The van der Waals surface area contributed by atoms with E-state index in [-0.39, 0.29) is 23.8 Å². The van der Waals surface area contributed by atoms with Crippen molar-refractivity contribution in [3.63, 3.8) is 0 Å². The Morgan fingerprint density at radius 1 is 0.575 bits per heavy atom. The molecule has 216 valence electrons. The van der Waals surface area contributed by atoms with Crippen molar-refractivity contribution in [3.8, 4) is 0 Å². The van der Waals surface area contributed by atoms with E-state index in [4.69, 9.17) is 9.47 Å². The minimum absolute atomic E-state index is 0.199. The van der Waals surface area contributed by atoms with E-state index in [1.807, 2.05) is 60.7 Å². The van der Waals surface area contributed by atoms with Gasteiger partial charge in [-0.05, 0) is 75.8 Å². The Hall–Kier alpha value is -2.70. The zero-order valence-corrected chi connectivity index (χ0v) is 23.9. The molecule has 0 bridgehead atoms. The number of piperidine rings is 2. The number of hydrogen-bond acceptors (Lipinski definition) is 6. The highest BCUT2D eigenvalue weighted by Gasteiger charge is 2.59. The third-order valence-electron chi connectivity index (χ3n) is 9.08. The van der Waals surface area contributed by atoms with E-state index in [0.717, 1.165) is 63.2 Å². The second kappa shape index (κ2) is 14.8. The topological polar surface area (TPSA) is 59.1 Å². The normalized spacial score (nSPS) is 25.6. The zero-order chi connectivity index (χ0) is 27.6. The average molecular weight is 547 g/mol. The van der Waals surface area contributed by atoms with Gasteiger partial charge >= 0.3 is 11.9 Å². The van der Waals surface area contributed by atoms with Crippen molar-refractivity contribution in [2.45, 2.75) is 63.2 Å². The second-order valence-corrected chi connectivity index (χ2v) is 11.8. The van der Waals surface area contributed by atoms with Crippen molar-refractivity contribution in [3.05, 3.63) is 71.8 Å². The van der Waals surface area contributed by atoms with Crippen molar-refractivity contribution >= 4 is 11.9 Å². The van der Waals surface area contributed by atoms with E-state index in [2.05, 4.69) is 9.80 Å². The van der Waals surface area contributed by atoms with E-state index in [0.29, 0.717) is 13.2 Å². The molecule has 2 saturated heterocycles. The molecule has 2 aromatic carbocycles. The predicted molar refractivity (Wildman–Crippen MR) is 157 cm³/mol. The lowest BCUT2D eigenvalue weighted by Crippen LogP contribution is -2.52. The van der Waals surface area contributed by atoms with Crippen LogP contribution in [0.5, 0.6) is 0 Å². The number of benzene rings is 2. The van der Waals surface area contributed by atoms with Crippen molar-refractivity contribution in [1.29, 1.82) is 0 Å². The molecule has 1 aliphatic carbocycles. The van der Waals surface area contributed by atoms with Gasteiger partial charge in [0.2, 0.25) is 0 Å². The summed E-state index contributed by atoms with van der Waals surface area (Å²) in [6, 6.07) is 20.0. The van der Waals surface area contributed by atoms with Crippen LogP contribution in [0.25, 0.3) is 0 Å². The maximum absolute atomic E-state index is 13.7. The highest BCUT2D eigenvalue weighted by atomic mass is 16.5. The van der Waals surface area contributed by atoms with Gasteiger partial charge in [0, 0.05) is 24.9 Å². The molecule has 2 aliphatic heterocycles. The molecule has 3 fully saturated rings. The molecule has 3 aliphatic rings. The van der Waals surface area contributed by atoms with Gasteiger partial charge in [0.1, 0.15) is 0 Å². The summed E-state index contributed by atoms with van der Waals surface area (Å²) < 4.78 is 11.8. The van der Waals surface area contributed by atoms with Crippen LogP contribution in [-0.4, -0.2) is 74.2 Å². The summed E-state index contributed by atoms with van der Waals surface area (Å²) in [4.78, 5) is 32.2. The Morgan fingerprint density at radius 3 is 1.32 bits per heavy atom. The number of hydrogen-bond donors (Lipinski definition) is 0. The van der Waals surface area contributed by atoms with Crippen molar-refractivity contribution in [2.24, 2.45) is 11.8 Å². The highest BCUT2D eigenvalue weighted by molar-refractivity contribution is 5.85. The fourth-order valence-electron chi connectivity index (χ4n) is 6.99. The Bertz CT molecular complexity index is 957.